The number of halogens is 1. The molecule has 0 saturated carbocycles. The number of nitrogens with one attached hydrogen (secondary N) is 1. The molecule has 0 atom stereocenters. The molecule has 0 unspecified atom stereocenters. The van der Waals surface area contributed by atoms with E-state index in [0.717, 1.165) is 5.56 Å². The minimum atomic E-state index is -0.411. The fourth-order valence-corrected chi connectivity index (χ4v) is 2.88. The molecule has 6 heteroatoms. The van der Waals surface area contributed by atoms with Gasteiger partial charge in [0.05, 0.1) is 0 Å². The lowest BCUT2D eigenvalue weighted by molar-refractivity contribution is 0.102. The Labute approximate surface area is 164 Å². The molecule has 0 aliphatic carbocycles. The molecule has 144 valence electrons. The topological polar surface area (TPSA) is 58.1 Å². The van der Waals surface area contributed by atoms with Crippen LogP contribution in [0.5, 0.6) is 0 Å². The molecule has 1 heterocycles. The molecule has 3 rings (SSSR count). The smallest absolute Gasteiger partial charge is 0.274 e. The van der Waals surface area contributed by atoms with Crippen molar-refractivity contribution in [3.63, 3.8) is 0 Å². The minimum Gasteiger partial charge on any atom is -0.350 e. The van der Waals surface area contributed by atoms with Crippen LogP contribution < -0.4 is 10.2 Å². The normalized spacial score (nSPS) is 10.8. The second-order valence-corrected chi connectivity index (χ2v) is 6.83. The van der Waals surface area contributed by atoms with Gasteiger partial charge in [0, 0.05) is 24.3 Å². The van der Waals surface area contributed by atoms with Crippen molar-refractivity contribution in [1.29, 1.82) is 0 Å². The minimum absolute atomic E-state index is 0.175. The van der Waals surface area contributed by atoms with E-state index in [-0.39, 0.29) is 11.7 Å². The molecule has 0 saturated heterocycles. The Morgan fingerprint density at radius 1 is 1.07 bits per heavy atom. The predicted molar refractivity (Wildman–Crippen MR) is 109 cm³/mol. The van der Waals surface area contributed by atoms with E-state index in [9.17, 15) is 9.18 Å². The molecule has 3 aromatic rings. The van der Waals surface area contributed by atoms with E-state index in [1.807, 2.05) is 18.2 Å². The van der Waals surface area contributed by atoms with Gasteiger partial charge in [-0.2, -0.15) is 0 Å². The van der Waals surface area contributed by atoms with Crippen molar-refractivity contribution in [2.75, 3.05) is 10.2 Å². The largest absolute Gasteiger partial charge is 0.350 e. The fourth-order valence-electron chi connectivity index (χ4n) is 2.88. The molecule has 5 nitrogen and oxygen atoms in total. The van der Waals surface area contributed by atoms with E-state index in [4.69, 9.17) is 0 Å². The zero-order chi connectivity index (χ0) is 20.1. The van der Waals surface area contributed by atoms with E-state index in [0.29, 0.717) is 23.9 Å². The number of hydrogen-bond donors (Lipinski definition) is 1. The van der Waals surface area contributed by atoms with Crippen LogP contribution in [0.25, 0.3) is 0 Å². The number of carbonyl (C=O) groups is 1. The summed E-state index contributed by atoms with van der Waals surface area (Å²) >= 11 is 0. The van der Waals surface area contributed by atoms with Gasteiger partial charge in [-0.25, -0.2) is 14.4 Å². The van der Waals surface area contributed by atoms with Gasteiger partial charge in [0.2, 0.25) is 0 Å². The van der Waals surface area contributed by atoms with Gasteiger partial charge in [-0.15, -0.1) is 0 Å². The zero-order valence-corrected chi connectivity index (χ0v) is 16.2. The van der Waals surface area contributed by atoms with Crippen molar-refractivity contribution < 1.29 is 9.18 Å². The highest BCUT2D eigenvalue weighted by molar-refractivity contribution is 6.03. The standard InChI is InChI=1S/C22H23FN4O/c1-15(2)27(14-17-8-5-4-6-9-17)21-13-20(24-16(3)25-21)22(28)26-19-11-7-10-18(23)12-19/h4-13,15H,14H2,1-3H3,(H,26,28). The second-order valence-electron chi connectivity index (χ2n) is 6.83. The molecule has 1 aromatic heterocycles. The summed E-state index contributed by atoms with van der Waals surface area (Å²) in [4.78, 5) is 23.5. The predicted octanol–water partition coefficient (Wildman–Crippen LogP) is 4.59. The van der Waals surface area contributed by atoms with Crippen LogP contribution in [0.3, 0.4) is 0 Å². The first-order valence-electron chi connectivity index (χ1n) is 9.15. The van der Waals surface area contributed by atoms with E-state index < -0.39 is 11.7 Å². The zero-order valence-electron chi connectivity index (χ0n) is 16.2. The average Bonchev–Trinajstić information content (AvgIpc) is 2.66. The van der Waals surface area contributed by atoms with Crippen molar-refractivity contribution in [2.24, 2.45) is 0 Å². The number of anilines is 2. The maximum atomic E-state index is 13.4. The lowest BCUT2D eigenvalue weighted by Gasteiger charge is -2.28. The van der Waals surface area contributed by atoms with Gasteiger partial charge in [0.1, 0.15) is 23.2 Å². The van der Waals surface area contributed by atoms with Gasteiger partial charge in [-0.05, 0) is 44.5 Å². The van der Waals surface area contributed by atoms with Crippen molar-refractivity contribution in [3.05, 3.63) is 83.6 Å². The van der Waals surface area contributed by atoms with Crippen molar-refractivity contribution in [1.82, 2.24) is 9.97 Å². The third-order valence-corrected chi connectivity index (χ3v) is 4.25. The molecule has 0 fully saturated rings. The Balaban J connectivity index is 1.87. The summed E-state index contributed by atoms with van der Waals surface area (Å²) in [6, 6.07) is 17.7. The lowest BCUT2D eigenvalue weighted by Crippen LogP contribution is -2.31. The summed E-state index contributed by atoms with van der Waals surface area (Å²) in [5.74, 6) is 0.364. The van der Waals surface area contributed by atoms with Crippen LogP contribution in [-0.4, -0.2) is 21.9 Å². The summed E-state index contributed by atoms with van der Waals surface area (Å²) in [5.41, 5.74) is 1.77. The maximum absolute atomic E-state index is 13.4. The molecule has 0 spiro atoms. The summed E-state index contributed by atoms with van der Waals surface area (Å²) in [6.07, 6.45) is 0. The lowest BCUT2D eigenvalue weighted by atomic mass is 10.2. The number of carbonyl (C=O) groups excluding carboxylic acids is 1. The number of nitrogens with zero attached hydrogens (tertiary/aromatic N) is 3. The summed E-state index contributed by atoms with van der Waals surface area (Å²) in [5, 5.41) is 2.68. The number of benzene rings is 2. The highest BCUT2D eigenvalue weighted by Crippen LogP contribution is 2.20. The fraction of sp³-hybridized carbons (Fsp3) is 0.227. The first-order valence-corrected chi connectivity index (χ1v) is 9.15. The van der Waals surface area contributed by atoms with Gasteiger partial charge in [-0.3, -0.25) is 4.79 Å². The number of amides is 1. The van der Waals surface area contributed by atoms with Gasteiger partial charge in [0.15, 0.2) is 0 Å². The van der Waals surface area contributed by atoms with Gasteiger partial charge in [-0.1, -0.05) is 36.4 Å². The second kappa shape index (κ2) is 8.61. The third kappa shape index (κ3) is 4.91. The van der Waals surface area contributed by atoms with Crippen molar-refractivity contribution in [3.8, 4) is 0 Å². The maximum Gasteiger partial charge on any atom is 0.274 e. The summed E-state index contributed by atoms with van der Waals surface area (Å²) in [6.45, 7) is 6.57. The van der Waals surface area contributed by atoms with Crippen LogP contribution in [0.15, 0.2) is 60.7 Å². The Morgan fingerprint density at radius 3 is 2.50 bits per heavy atom. The summed E-state index contributed by atoms with van der Waals surface area (Å²) < 4.78 is 13.4. The van der Waals surface area contributed by atoms with E-state index in [1.54, 1.807) is 25.1 Å². The van der Waals surface area contributed by atoms with Crippen LogP contribution in [0.2, 0.25) is 0 Å². The van der Waals surface area contributed by atoms with Crippen LogP contribution in [0.1, 0.15) is 35.7 Å². The molecule has 1 N–H and O–H groups in total. The van der Waals surface area contributed by atoms with Crippen molar-refractivity contribution >= 4 is 17.4 Å². The molecular formula is C22H23FN4O. The average molecular weight is 378 g/mol. The van der Waals surface area contributed by atoms with E-state index in [1.165, 1.54) is 12.1 Å². The van der Waals surface area contributed by atoms with Gasteiger partial charge < -0.3 is 10.2 Å². The SMILES string of the molecule is Cc1nc(C(=O)Nc2cccc(F)c2)cc(N(Cc2ccccc2)C(C)C)n1. The molecule has 0 radical (unpaired) electrons. The molecule has 0 aliphatic rings. The van der Waals surface area contributed by atoms with Crippen LogP contribution in [-0.2, 0) is 6.54 Å². The number of rotatable bonds is 6. The molecule has 2 aromatic carbocycles. The quantitative estimate of drug-likeness (QED) is 0.681. The Hall–Kier alpha value is -3.28. The van der Waals surface area contributed by atoms with Gasteiger partial charge >= 0.3 is 0 Å². The van der Waals surface area contributed by atoms with E-state index >= 15 is 0 Å². The molecule has 0 bridgehead atoms. The first-order chi connectivity index (χ1) is 13.4. The Kier molecular flexibility index (Phi) is 5.99. The van der Waals surface area contributed by atoms with Crippen LogP contribution >= 0.6 is 0 Å². The molecular weight excluding hydrogens is 355 g/mol. The summed E-state index contributed by atoms with van der Waals surface area (Å²) in [7, 11) is 0. The van der Waals surface area contributed by atoms with E-state index in [2.05, 4.69) is 46.2 Å². The third-order valence-electron chi connectivity index (χ3n) is 4.25. The number of aryl methyl sites for hydroxylation is 1. The number of aromatic nitrogens is 2. The highest BCUT2D eigenvalue weighted by Gasteiger charge is 2.17. The number of hydrogen-bond acceptors (Lipinski definition) is 4. The Bertz CT molecular complexity index is 960. The monoisotopic (exact) mass is 378 g/mol. The van der Waals surface area contributed by atoms with Crippen LogP contribution in [0.4, 0.5) is 15.9 Å². The van der Waals surface area contributed by atoms with Gasteiger partial charge in [0.25, 0.3) is 5.91 Å². The first kappa shape index (κ1) is 19.5. The molecule has 1 amide bonds. The molecule has 28 heavy (non-hydrogen) atoms. The van der Waals surface area contributed by atoms with Crippen LogP contribution in [0, 0.1) is 12.7 Å². The van der Waals surface area contributed by atoms with Crippen molar-refractivity contribution in [2.45, 2.75) is 33.4 Å². The highest BCUT2D eigenvalue weighted by atomic mass is 19.1. The Morgan fingerprint density at radius 2 is 1.82 bits per heavy atom. The molecule has 0 aliphatic heterocycles.